The molecule has 19 heavy (non-hydrogen) atoms. The Bertz CT molecular complexity index is 739. The highest BCUT2D eigenvalue weighted by Gasteiger charge is 2.13. The molecular weight excluding hydrogens is 298 g/mol. The van der Waals surface area contributed by atoms with Crippen LogP contribution < -0.4 is 0 Å². The number of nitrogens with zero attached hydrogens (tertiary/aromatic N) is 1. The first-order valence-electron chi connectivity index (χ1n) is 5.46. The second kappa shape index (κ2) is 4.88. The van der Waals surface area contributed by atoms with Gasteiger partial charge in [-0.3, -0.25) is 0 Å². The maximum Gasteiger partial charge on any atom is 0.336 e. The van der Waals surface area contributed by atoms with E-state index >= 15 is 0 Å². The molecule has 0 aromatic carbocycles. The smallest absolute Gasteiger partial charge is 0.336 e. The monoisotopic (exact) mass is 307 g/mol. The maximum absolute atomic E-state index is 10.9. The van der Waals surface area contributed by atoms with E-state index < -0.39 is 5.97 Å². The van der Waals surface area contributed by atoms with Gasteiger partial charge in [-0.1, -0.05) is 0 Å². The van der Waals surface area contributed by atoms with Crippen molar-refractivity contribution >= 4 is 40.0 Å². The molecule has 0 spiro atoms. The van der Waals surface area contributed by atoms with Crippen LogP contribution in [-0.2, 0) is 0 Å². The van der Waals surface area contributed by atoms with Crippen LogP contribution >= 0.6 is 34.0 Å². The highest BCUT2D eigenvalue weighted by Crippen LogP contribution is 2.34. The van der Waals surface area contributed by atoms with Crippen LogP contribution in [0, 0.1) is 6.92 Å². The number of thiophene rings is 2. The Morgan fingerprint density at radius 1 is 1.21 bits per heavy atom. The topological polar surface area (TPSA) is 50.2 Å². The van der Waals surface area contributed by atoms with Crippen molar-refractivity contribution in [2.75, 3.05) is 0 Å². The molecule has 0 unspecified atom stereocenters. The van der Waals surface area contributed by atoms with Crippen molar-refractivity contribution in [2.24, 2.45) is 0 Å². The van der Waals surface area contributed by atoms with Gasteiger partial charge in [-0.15, -0.1) is 22.7 Å². The van der Waals surface area contributed by atoms with Gasteiger partial charge in [0.15, 0.2) is 0 Å². The molecule has 0 bridgehead atoms. The zero-order valence-electron chi connectivity index (χ0n) is 9.91. The summed E-state index contributed by atoms with van der Waals surface area (Å²) >= 11 is 4.67. The molecule has 0 fully saturated rings. The Hall–Kier alpha value is -1.50. The van der Waals surface area contributed by atoms with Gasteiger partial charge in [0.1, 0.15) is 5.01 Å². The zero-order valence-corrected chi connectivity index (χ0v) is 12.4. The second-order valence-electron chi connectivity index (χ2n) is 4.01. The summed E-state index contributed by atoms with van der Waals surface area (Å²) in [7, 11) is 0. The fourth-order valence-corrected chi connectivity index (χ4v) is 4.40. The summed E-state index contributed by atoms with van der Waals surface area (Å²) in [6.07, 6.45) is 0. The number of hydrogen-bond donors (Lipinski definition) is 1. The summed E-state index contributed by atoms with van der Waals surface area (Å²) in [5, 5.41) is 17.7. The molecule has 0 aliphatic heterocycles. The fourth-order valence-electron chi connectivity index (χ4n) is 1.67. The van der Waals surface area contributed by atoms with Gasteiger partial charge in [-0.05, 0) is 23.9 Å². The number of carboxylic acid groups (broad SMARTS) is 1. The normalized spacial score (nSPS) is 10.8. The van der Waals surface area contributed by atoms with E-state index in [1.807, 2.05) is 5.38 Å². The molecule has 3 rings (SSSR count). The van der Waals surface area contributed by atoms with E-state index in [2.05, 4.69) is 22.7 Å². The number of thiazole rings is 1. The molecule has 0 atom stereocenters. The van der Waals surface area contributed by atoms with Gasteiger partial charge in [0.05, 0.1) is 16.1 Å². The highest BCUT2D eigenvalue weighted by atomic mass is 32.1. The Labute approximate surface area is 121 Å². The van der Waals surface area contributed by atoms with Crippen LogP contribution in [0.5, 0.6) is 0 Å². The Balaban J connectivity index is 1.97. The van der Waals surface area contributed by atoms with Crippen molar-refractivity contribution in [2.45, 2.75) is 6.92 Å². The van der Waals surface area contributed by atoms with Crippen LogP contribution in [0.1, 0.15) is 15.9 Å². The number of aromatic nitrogens is 1. The number of hydrogen-bond acceptors (Lipinski definition) is 5. The molecule has 3 heterocycles. The summed E-state index contributed by atoms with van der Waals surface area (Å²) in [5.74, 6) is -0.897. The number of carbonyl (C=O) groups is 1. The lowest BCUT2D eigenvalue weighted by Gasteiger charge is -1.92. The molecule has 0 aliphatic rings. The Kier molecular flexibility index (Phi) is 3.22. The van der Waals surface area contributed by atoms with Crippen LogP contribution in [0.25, 0.3) is 21.1 Å². The molecule has 3 nitrogen and oxygen atoms in total. The minimum Gasteiger partial charge on any atom is -0.478 e. The van der Waals surface area contributed by atoms with Crippen molar-refractivity contribution in [3.05, 3.63) is 38.7 Å². The Morgan fingerprint density at radius 3 is 2.68 bits per heavy atom. The van der Waals surface area contributed by atoms with Crippen LogP contribution in [0.2, 0.25) is 0 Å². The van der Waals surface area contributed by atoms with Crippen LogP contribution in [0.3, 0.4) is 0 Å². The average Bonchev–Trinajstić information content (AvgIpc) is 3.07. The van der Waals surface area contributed by atoms with Crippen molar-refractivity contribution in [3.8, 4) is 21.1 Å². The quantitative estimate of drug-likeness (QED) is 0.769. The fraction of sp³-hybridized carbons (Fsp3) is 0.0769. The van der Waals surface area contributed by atoms with Crippen molar-refractivity contribution in [1.29, 1.82) is 0 Å². The minimum atomic E-state index is -0.897. The second-order valence-corrected chi connectivity index (χ2v) is 6.52. The standard InChI is InChI=1S/C13H9NO2S3/c1-7-3-17-5-9(7)12-14-10(6-19-12)11-2-8(4-18-11)13(15)16/h2-6H,1H3,(H,15,16). The van der Waals surface area contributed by atoms with E-state index in [-0.39, 0.29) is 0 Å². The van der Waals surface area contributed by atoms with Gasteiger partial charge >= 0.3 is 5.97 Å². The minimum absolute atomic E-state index is 0.321. The van der Waals surface area contributed by atoms with Gasteiger partial charge in [-0.2, -0.15) is 11.3 Å². The average molecular weight is 307 g/mol. The third-order valence-corrected chi connectivity index (χ3v) is 5.38. The van der Waals surface area contributed by atoms with E-state index in [1.165, 1.54) is 16.9 Å². The van der Waals surface area contributed by atoms with E-state index in [4.69, 9.17) is 5.11 Å². The first-order valence-corrected chi connectivity index (χ1v) is 8.16. The van der Waals surface area contributed by atoms with Gasteiger partial charge < -0.3 is 5.11 Å². The SMILES string of the molecule is Cc1cscc1-c1nc(-c2cc(C(=O)O)cs2)cs1. The molecule has 3 aromatic heterocycles. The van der Waals surface area contributed by atoms with Gasteiger partial charge in [0.25, 0.3) is 0 Å². The van der Waals surface area contributed by atoms with Crippen molar-refractivity contribution < 1.29 is 9.90 Å². The summed E-state index contributed by atoms with van der Waals surface area (Å²) in [6, 6.07) is 1.67. The van der Waals surface area contributed by atoms with Crippen LogP contribution in [-0.4, -0.2) is 16.1 Å². The first-order chi connectivity index (χ1) is 9.15. The Morgan fingerprint density at radius 2 is 2.05 bits per heavy atom. The van der Waals surface area contributed by atoms with E-state index in [0.29, 0.717) is 5.56 Å². The van der Waals surface area contributed by atoms with Crippen LogP contribution in [0.4, 0.5) is 0 Å². The predicted molar refractivity (Wildman–Crippen MR) is 80.4 cm³/mol. The lowest BCUT2D eigenvalue weighted by Crippen LogP contribution is -1.91. The third kappa shape index (κ3) is 2.34. The van der Waals surface area contributed by atoms with E-state index in [0.717, 1.165) is 21.1 Å². The molecule has 0 saturated heterocycles. The lowest BCUT2D eigenvalue weighted by molar-refractivity contribution is 0.0697. The molecule has 0 radical (unpaired) electrons. The van der Waals surface area contributed by atoms with Gasteiger partial charge in [-0.25, -0.2) is 9.78 Å². The van der Waals surface area contributed by atoms with E-state index in [9.17, 15) is 4.79 Å². The third-order valence-electron chi connectivity index (χ3n) is 2.69. The molecular formula is C13H9NO2S3. The molecule has 1 N–H and O–H groups in total. The summed E-state index contributed by atoms with van der Waals surface area (Å²) in [4.78, 5) is 16.4. The molecule has 6 heteroatoms. The molecule has 0 aliphatic carbocycles. The first kappa shape index (κ1) is 12.5. The molecule has 96 valence electrons. The number of rotatable bonds is 3. The summed E-state index contributed by atoms with van der Waals surface area (Å²) in [5.41, 5.74) is 3.56. The maximum atomic E-state index is 10.9. The van der Waals surface area contributed by atoms with E-state index in [1.54, 1.807) is 34.1 Å². The predicted octanol–water partition coefficient (Wildman–Crippen LogP) is 4.61. The van der Waals surface area contributed by atoms with Gasteiger partial charge in [0.2, 0.25) is 0 Å². The van der Waals surface area contributed by atoms with Gasteiger partial charge in [0, 0.05) is 21.7 Å². The van der Waals surface area contributed by atoms with Crippen LogP contribution in [0.15, 0.2) is 27.6 Å². The number of aromatic carboxylic acids is 1. The molecule has 0 amide bonds. The summed E-state index contributed by atoms with van der Waals surface area (Å²) in [6.45, 7) is 2.07. The van der Waals surface area contributed by atoms with Crippen molar-refractivity contribution in [1.82, 2.24) is 4.98 Å². The molecule has 3 aromatic rings. The number of carboxylic acids is 1. The largest absolute Gasteiger partial charge is 0.478 e. The zero-order chi connectivity index (χ0) is 13.4. The highest BCUT2D eigenvalue weighted by molar-refractivity contribution is 7.16. The summed E-state index contributed by atoms with van der Waals surface area (Å²) < 4.78 is 0. The number of aryl methyl sites for hydroxylation is 1. The lowest BCUT2D eigenvalue weighted by atomic mass is 10.2. The van der Waals surface area contributed by atoms with Crippen molar-refractivity contribution in [3.63, 3.8) is 0 Å². The molecule has 0 saturated carbocycles.